The van der Waals surface area contributed by atoms with Gasteiger partial charge in [-0.15, -0.1) is 0 Å². The van der Waals surface area contributed by atoms with E-state index in [1.807, 2.05) is 0 Å². The van der Waals surface area contributed by atoms with Gasteiger partial charge in [-0.2, -0.15) is 0 Å². The number of hydrogen-bond donors (Lipinski definition) is 0. The Kier molecular flexibility index (Phi) is 0.762. The SMILES string of the molecule is CC12C3CC4(CCC34)C1C1CC23CCC13. The molecule has 6 aliphatic rings. The van der Waals surface area contributed by atoms with Gasteiger partial charge in [0.2, 0.25) is 0 Å². The fourth-order valence-corrected chi connectivity index (χ4v) is 8.63. The molecule has 8 atom stereocenters. The normalized spacial score (nSPS) is 84.2. The van der Waals surface area contributed by atoms with Crippen molar-refractivity contribution in [1.82, 2.24) is 0 Å². The Morgan fingerprint density at radius 2 is 1.80 bits per heavy atom. The van der Waals surface area contributed by atoms with Crippen LogP contribution in [0, 0.1) is 45.8 Å². The lowest BCUT2D eigenvalue weighted by molar-refractivity contribution is -0.200. The van der Waals surface area contributed by atoms with Crippen LogP contribution in [0.5, 0.6) is 0 Å². The van der Waals surface area contributed by atoms with Gasteiger partial charge < -0.3 is 0 Å². The monoisotopic (exact) mass is 200 g/mol. The summed E-state index contributed by atoms with van der Waals surface area (Å²) in [5.41, 5.74) is 2.74. The molecule has 0 saturated heterocycles. The molecule has 15 heavy (non-hydrogen) atoms. The number of fused-ring (bicyclic) bond motifs is 3. The standard InChI is InChI=1S/C15H20/c1-13-11-7-14(4-2-10(11)14)12(13)8-6-15(13)5-3-9(8)15/h8-12H,2-7H2,1H3. The molecule has 0 amide bonds. The van der Waals surface area contributed by atoms with E-state index >= 15 is 0 Å². The first-order chi connectivity index (χ1) is 7.24. The van der Waals surface area contributed by atoms with Crippen LogP contribution in [-0.4, -0.2) is 0 Å². The third-order valence-electron chi connectivity index (χ3n) is 9.01. The predicted molar refractivity (Wildman–Crippen MR) is 58.1 cm³/mol. The van der Waals surface area contributed by atoms with E-state index in [1.54, 1.807) is 38.5 Å². The van der Waals surface area contributed by atoms with E-state index in [1.165, 1.54) is 29.6 Å². The van der Waals surface area contributed by atoms with Gasteiger partial charge in [-0.05, 0) is 84.4 Å². The largest absolute Gasteiger partial charge is 0.0585 e. The predicted octanol–water partition coefficient (Wildman–Crippen LogP) is 3.47. The molecule has 0 radical (unpaired) electrons. The zero-order chi connectivity index (χ0) is 9.63. The average Bonchev–Trinajstić information content (AvgIpc) is 2.67. The minimum atomic E-state index is 0.863. The summed E-state index contributed by atoms with van der Waals surface area (Å²) >= 11 is 0. The highest BCUT2D eigenvalue weighted by Crippen LogP contribution is 2.97. The van der Waals surface area contributed by atoms with E-state index < -0.39 is 0 Å². The second kappa shape index (κ2) is 1.56. The Bertz CT molecular complexity index is 412. The highest BCUT2D eigenvalue weighted by atomic mass is 15.0. The van der Waals surface area contributed by atoms with Crippen molar-refractivity contribution in [3.63, 3.8) is 0 Å². The fraction of sp³-hybridized carbons (Fsp3) is 1.00. The topological polar surface area (TPSA) is 0 Å². The molecule has 0 spiro atoms. The number of hydrogen-bond acceptors (Lipinski definition) is 0. The summed E-state index contributed by atoms with van der Waals surface area (Å²) in [6.45, 7) is 2.74. The van der Waals surface area contributed by atoms with Crippen LogP contribution >= 0.6 is 0 Å². The molecule has 6 aliphatic carbocycles. The molecule has 0 heterocycles. The maximum absolute atomic E-state index is 2.74. The lowest BCUT2D eigenvalue weighted by Crippen LogP contribution is -2.61. The van der Waals surface area contributed by atoms with E-state index in [0.29, 0.717) is 0 Å². The summed E-state index contributed by atoms with van der Waals surface area (Å²) in [7, 11) is 0. The van der Waals surface area contributed by atoms with Gasteiger partial charge in [-0.3, -0.25) is 0 Å². The molecule has 8 unspecified atom stereocenters. The van der Waals surface area contributed by atoms with Crippen molar-refractivity contribution in [2.24, 2.45) is 45.8 Å². The first-order valence-electron chi connectivity index (χ1n) is 7.24. The van der Waals surface area contributed by atoms with Crippen LogP contribution in [0.4, 0.5) is 0 Å². The minimum Gasteiger partial charge on any atom is -0.0585 e. The van der Waals surface area contributed by atoms with Crippen LogP contribution in [0.1, 0.15) is 45.4 Å². The maximum atomic E-state index is 2.74. The Balaban J connectivity index is 1.65. The van der Waals surface area contributed by atoms with Crippen molar-refractivity contribution in [3.8, 4) is 0 Å². The second-order valence-electron chi connectivity index (χ2n) is 8.12. The smallest absolute Gasteiger partial charge is 0.0199 e. The molecular weight excluding hydrogens is 180 g/mol. The summed E-state index contributed by atoms with van der Waals surface area (Å²) < 4.78 is 0. The molecule has 4 bridgehead atoms. The fourth-order valence-electron chi connectivity index (χ4n) is 8.63. The van der Waals surface area contributed by atoms with Gasteiger partial charge in [0.25, 0.3) is 0 Å². The third kappa shape index (κ3) is 0.378. The van der Waals surface area contributed by atoms with Crippen LogP contribution in [0.3, 0.4) is 0 Å². The van der Waals surface area contributed by atoms with Crippen molar-refractivity contribution < 1.29 is 0 Å². The summed E-state index contributed by atoms with van der Waals surface area (Å²) in [4.78, 5) is 0. The van der Waals surface area contributed by atoms with Gasteiger partial charge in [-0.25, -0.2) is 0 Å². The molecular formula is C15H20. The summed E-state index contributed by atoms with van der Waals surface area (Å²) in [6.07, 6.45) is 9.83. The molecule has 0 aromatic carbocycles. The van der Waals surface area contributed by atoms with Crippen LogP contribution in [-0.2, 0) is 0 Å². The Morgan fingerprint density at radius 3 is 2.33 bits per heavy atom. The Hall–Kier alpha value is 0. The van der Waals surface area contributed by atoms with Crippen LogP contribution in [0.2, 0.25) is 0 Å². The van der Waals surface area contributed by atoms with Crippen LogP contribution in [0.15, 0.2) is 0 Å². The van der Waals surface area contributed by atoms with E-state index in [9.17, 15) is 0 Å². The van der Waals surface area contributed by atoms with Gasteiger partial charge >= 0.3 is 0 Å². The Morgan fingerprint density at radius 1 is 0.933 bits per heavy atom. The van der Waals surface area contributed by atoms with Gasteiger partial charge in [-0.1, -0.05) is 6.92 Å². The van der Waals surface area contributed by atoms with E-state index in [2.05, 4.69) is 6.92 Å². The first-order valence-corrected chi connectivity index (χ1v) is 7.24. The zero-order valence-corrected chi connectivity index (χ0v) is 9.63. The summed E-state index contributed by atoms with van der Waals surface area (Å²) in [5, 5.41) is 0. The van der Waals surface area contributed by atoms with Crippen molar-refractivity contribution in [3.05, 3.63) is 0 Å². The van der Waals surface area contributed by atoms with Gasteiger partial charge in [0.15, 0.2) is 0 Å². The molecule has 0 N–H and O–H groups in total. The molecule has 0 aromatic heterocycles. The minimum absolute atomic E-state index is 0.863. The number of rotatable bonds is 0. The van der Waals surface area contributed by atoms with Gasteiger partial charge in [0.1, 0.15) is 0 Å². The highest BCUT2D eigenvalue weighted by molar-refractivity contribution is 5.39. The quantitative estimate of drug-likeness (QED) is 0.561. The van der Waals surface area contributed by atoms with E-state index in [4.69, 9.17) is 0 Å². The molecule has 0 heteroatoms. The average molecular weight is 200 g/mol. The molecule has 6 rings (SSSR count). The second-order valence-corrected chi connectivity index (χ2v) is 8.12. The molecule has 0 aliphatic heterocycles. The van der Waals surface area contributed by atoms with Crippen LogP contribution in [0.25, 0.3) is 0 Å². The van der Waals surface area contributed by atoms with Crippen molar-refractivity contribution >= 4 is 0 Å². The lowest BCUT2D eigenvalue weighted by Gasteiger charge is -2.69. The third-order valence-corrected chi connectivity index (χ3v) is 9.01. The van der Waals surface area contributed by atoms with Gasteiger partial charge in [0, 0.05) is 0 Å². The van der Waals surface area contributed by atoms with E-state index in [-0.39, 0.29) is 0 Å². The highest BCUT2D eigenvalue weighted by Gasteiger charge is 2.91. The van der Waals surface area contributed by atoms with Crippen molar-refractivity contribution in [1.29, 1.82) is 0 Å². The molecule has 6 fully saturated rings. The molecule has 0 nitrogen and oxygen atoms in total. The lowest BCUT2D eigenvalue weighted by atomic mass is 9.36. The summed E-state index contributed by atoms with van der Waals surface area (Å²) in [5.74, 6) is 6.11. The maximum Gasteiger partial charge on any atom is -0.0199 e. The van der Waals surface area contributed by atoms with Crippen LogP contribution < -0.4 is 0 Å². The van der Waals surface area contributed by atoms with Crippen molar-refractivity contribution in [2.45, 2.75) is 45.4 Å². The molecule has 80 valence electrons. The molecule has 0 aromatic rings. The molecule has 6 saturated carbocycles. The van der Waals surface area contributed by atoms with E-state index in [0.717, 1.165) is 16.2 Å². The van der Waals surface area contributed by atoms with Crippen molar-refractivity contribution in [2.75, 3.05) is 0 Å². The zero-order valence-electron chi connectivity index (χ0n) is 9.63. The van der Waals surface area contributed by atoms with Gasteiger partial charge in [0.05, 0.1) is 0 Å². The first kappa shape index (κ1) is 7.35. The Labute approximate surface area is 91.8 Å². The summed E-state index contributed by atoms with van der Waals surface area (Å²) in [6, 6.07) is 0.